The summed E-state index contributed by atoms with van der Waals surface area (Å²) in [6, 6.07) is 6.14. The predicted molar refractivity (Wildman–Crippen MR) is 81.8 cm³/mol. The molecule has 0 aliphatic rings. The number of hydrogen-bond acceptors (Lipinski definition) is 3. The first-order chi connectivity index (χ1) is 8.81. The zero-order valence-electron chi connectivity index (χ0n) is 11.6. The number of benzene rings is 1. The number of hydrogen-bond donors (Lipinski definition) is 2. The Kier molecular flexibility index (Phi) is 5.44. The van der Waals surface area contributed by atoms with E-state index in [4.69, 9.17) is 23.7 Å². The van der Waals surface area contributed by atoms with Crippen LogP contribution in [-0.4, -0.2) is 28.4 Å². The quantitative estimate of drug-likeness (QED) is 0.771. The first-order valence-corrected chi connectivity index (χ1v) is 6.63. The third-order valence-electron chi connectivity index (χ3n) is 3.09. The Bertz CT molecular complexity index is 486. The average molecular weight is 279 g/mol. The molecule has 0 saturated carbocycles. The summed E-state index contributed by atoms with van der Waals surface area (Å²) in [5, 5.41) is 0. The lowest BCUT2D eigenvalue weighted by molar-refractivity contribution is -0.119. The molecule has 0 aliphatic heterocycles. The number of primary amides is 1. The zero-order valence-corrected chi connectivity index (χ0v) is 12.5. The highest BCUT2D eigenvalue weighted by Gasteiger charge is 2.14. The van der Waals surface area contributed by atoms with Crippen LogP contribution in [0.4, 0.5) is 0 Å². The normalized spacial score (nSPS) is 11.0. The minimum absolute atomic E-state index is 0.252. The molecular weight excluding hydrogens is 258 g/mol. The molecule has 0 spiro atoms. The fourth-order valence-electron chi connectivity index (χ4n) is 1.87. The molecule has 1 amide bonds. The van der Waals surface area contributed by atoms with E-state index in [9.17, 15) is 4.79 Å². The number of nitrogens with two attached hydrogens (primary N) is 2. The van der Waals surface area contributed by atoms with Crippen molar-refractivity contribution in [2.75, 3.05) is 6.54 Å². The molecule has 0 heterocycles. The molecule has 1 aromatic rings. The van der Waals surface area contributed by atoms with Gasteiger partial charge in [-0.2, -0.15) is 0 Å². The highest BCUT2D eigenvalue weighted by Crippen LogP contribution is 2.15. The number of thiocarbonyl (C=S) groups is 1. The van der Waals surface area contributed by atoms with Gasteiger partial charge < -0.3 is 11.5 Å². The van der Waals surface area contributed by atoms with Gasteiger partial charge in [0.05, 0.1) is 6.54 Å². The SMILES string of the molecule is Cc1cc(C(N)=S)ccc1CN(CC(N)=O)C(C)C. The van der Waals surface area contributed by atoms with E-state index < -0.39 is 0 Å². The van der Waals surface area contributed by atoms with Crippen molar-refractivity contribution in [2.45, 2.75) is 33.4 Å². The summed E-state index contributed by atoms with van der Waals surface area (Å²) in [6.45, 7) is 7.04. The summed E-state index contributed by atoms with van der Waals surface area (Å²) in [4.78, 5) is 13.5. The van der Waals surface area contributed by atoms with Crippen LogP contribution in [0.25, 0.3) is 0 Å². The number of amides is 1. The van der Waals surface area contributed by atoms with Gasteiger partial charge in [-0.3, -0.25) is 9.69 Å². The highest BCUT2D eigenvalue weighted by molar-refractivity contribution is 7.80. The summed E-state index contributed by atoms with van der Waals surface area (Å²) >= 11 is 4.96. The van der Waals surface area contributed by atoms with E-state index in [0.717, 1.165) is 16.7 Å². The number of aryl methyl sites for hydroxylation is 1. The molecule has 4 N–H and O–H groups in total. The average Bonchev–Trinajstić information content (AvgIpc) is 2.29. The second-order valence-electron chi connectivity index (χ2n) is 4.97. The van der Waals surface area contributed by atoms with Crippen LogP contribution in [-0.2, 0) is 11.3 Å². The molecule has 0 bridgehead atoms. The maximum atomic E-state index is 11.1. The van der Waals surface area contributed by atoms with E-state index in [-0.39, 0.29) is 18.5 Å². The molecule has 0 saturated heterocycles. The van der Waals surface area contributed by atoms with Gasteiger partial charge in [0, 0.05) is 18.2 Å². The second-order valence-corrected chi connectivity index (χ2v) is 5.41. The van der Waals surface area contributed by atoms with Crippen molar-refractivity contribution < 1.29 is 4.79 Å². The van der Waals surface area contributed by atoms with Crippen LogP contribution < -0.4 is 11.5 Å². The van der Waals surface area contributed by atoms with Gasteiger partial charge in [-0.05, 0) is 38.0 Å². The molecule has 0 atom stereocenters. The molecule has 1 rings (SSSR count). The lowest BCUT2D eigenvalue weighted by Gasteiger charge is -2.25. The molecule has 5 heteroatoms. The van der Waals surface area contributed by atoms with Crippen molar-refractivity contribution in [3.63, 3.8) is 0 Å². The van der Waals surface area contributed by atoms with E-state index in [1.807, 2.05) is 43.9 Å². The van der Waals surface area contributed by atoms with Gasteiger partial charge in [-0.1, -0.05) is 24.4 Å². The predicted octanol–water partition coefficient (Wildman–Crippen LogP) is 1.32. The van der Waals surface area contributed by atoms with E-state index >= 15 is 0 Å². The van der Waals surface area contributed by atoms with E-state index in [2.05, 4.69) is 0 Å². The Morgan fingerprint density at radius 1 is 1.37 bits per heavy atom. The molecule has 0 fully saturated rings. The second kappa shape index (κ2) is 6.63. The Morgan fingerprint density at radius 2 is 2.00 bits per heavy atom. The van der Waals surface area contributed by atoms with Crippen LogP contribution in [0.1, 0.15) is 30.5 Å². The molecule has 0 unspecified atom stereocenters. The topological polar surface area (TPSA) is 72.3 Å². The molecule has 19 heavy (non-hydrogen) atoms. The van der Waals surface area contributed by atoms with Crippen LogP contribution in [0.2, 0.25) is 0 Å². The summed E-state index contributed by atoms with van der Waals surface area (Å²) in [7, 11) is 0. The van der Waals surface area contributed by atoms with Gasteiger partial charge >= 0.3 is 0 Å². The van der Waals surface area contributed by atoms with Crippen molar-refractivity contribution in [1.82, 2.24) is 4.90 Å². The Morgan fingerprint density at radius 3 is 2.42 bits per heavy atom. The summed E-state index contributed by atoms with van der Waals surface area (Å²) in [6.07, 6.45) is 0. The molecule has 0 radical (unpaired) electrons. The van der Waals surface area contributed by atoms with E-state index in [1.54, 1.807) is 0 Å². The van der Waals surface area contributed by atoms with Crippen molar-refractivity contribution in [2.24, 2.45) is 11.5 Å². The molecule has 0 aliphatic carbocycles. The van der Waals surface area contributed by atoms with Crippen LogP contribution in [0.3, 0.4) is 0 Å². The highest BCUT2D eigenvalue weighted by atomic mass is 32.1. The maximum Gasteiger partial charge on any atom is 0.231 e. The minimum atomic E-state index is -0.314. The maximum absolute atomic E-state index is 11.1. The minimum Gasteiger partial charge on any atom is -0.389 e. The zero-order chi connectivity index (χ0) is 14.6. The fraction of sp³-hybridized carbons (Fsp3) is 0.429. The fourth-order valence-corrected chi connectivity index (χ4v) is 1.99. The largest absolute Gasteiger partial charge is 0.389 e. The van der Waals surface area contributed by atoms with Crippen molar-refractivity contribution >= 4 is 23.1 Å². The van der Waals surface area contributed by atoms with Gasteiger partial charge in [-0.15, -0.1) is 0 Å². The van der Waals surface area contributed by atoms with Crippen LogP contribution in [0, 0.1) is 6.92 Å². The third-order valence-corrected chi connectivity index (χ3v) is 3.33. The Balaban J connectivity index is 2.91. The molecule has 104 valence electrons. The van der Waals surface area contributed by atoms with E-state index in [1.165, 1.54) is 0 Å². The van der Waals surface area contributed by atoms with Crippen molar-refractivity contribution in [3.8, 4) is 0 Å². The van der Waals surface area contributed by atoms with Crippen molar-refractivity contribution in [3.05, 3.63) is 34.9 Å². The first-order valence-electron chi connectivity index (χ1n) is 6.23. The van der Waals surface area contributed by atoms with Gasteiger partial charge in [0.25, 0.3) is 0 Å². The van der Waals surface area contributed by atoms with Gasteiger partial charge in [0.1, 0.15) is 4.99 Å². The molecule has 4 nitrogen and oxygen atoms in total. The van der Waals surface area contributed by atoms with Crippen LogP contribution in [0.15, 0.2) is 18.2 Å². The molecule has 0 aromatic heterocycles. The summed E-state index contributed by atoms with van der Waals surface area (Å²) in [5.41, 5.74) is 14.0. The van der Waals surface area contributed by atoms with Gasteiger partial charge in [0.2, 0.25) is 5.91 Å². The smallest absolute Gasteiger partial charge is 0.231 e. The summed E-state index contributed by atoms with van der Waals surface area (Å²) in [5.74, 6) is -0.314. The lowest BCUT2D eigenvalue weighted by Crippen LogP contribution is -2.38. The summed E-state index contributed by atoms with van der Waals surface area (Å²) < 4.78 is 0. The number of nitrogens with zero attached hydrogens (tertiary/aromatic N) is 1. The molecule has 1 aromatic carbocycles. The Labute approximate surface area is 119 Å². The Hall–Kier alpha value is -1.46. The third kappa shape index (κ3) is 4.61. The number of carbonyl (C=O) groups excluding carboxylic acids is 1. The van der Waals surface area contributed by atoms with Gasteiger partial charge in [-0.25, -0.2) is 0 Å². The number of rotatable bonds is 6. The standard InChI is InChI=1S/C14H21N3OS/c1-9(2)17(8-13(15)18)7-12-5-4-11(14(16)19)6-10(12)3/h4-6,9H,7-8H2,1-3H3,(H2,15,18)(H2,16,19). The monoisotopic (exact) mass is 279 g/mol. The lowest BCUT2D eigenvalue weighted by atomic mass is 10.0. The van der Waals surface area contributed by atoms with Crippen LogP contribution in [0.5, 0.6) is 0 Å². The van der Waals surface area contributed by atoms with Crippen molar-refractivity contribution in [1.29, 1.82) is 0 Å². The molecular formula is C14H21N3OS. The van der Waals surface area contributed by atoms with E-state index in [0.29, 0.717) is 11.5 Å². The van der Waals surface area contributed by atoms with Crippen LogP contribution >= 0.6 is 12.2 Å². The first kappa shape index (κ1) is 15.6. The van der Waals surface area contributed by atoms with Gasteiger partial charge in [0.15, 0.2) is 0 Å². The number of carbonyl (C=O) groups is 1.